The summed E-state index contributed by atoms with van der Waals surface area (Å²) in [4.78, 5) is 30.0. The fraction of sp³-hybridized carbons (Fsp3) is 0.421. The Kier molecular flexibility index (Phi) is 5.46. The van der Waals surface area contributed by atoms with Crippen LogP contribution in [-0.4, -0.2) is 37.0 Å². The lowest BCUT2D eigenvalue weighted by Gasteiger charge is -2.11. The van der Waals surface area contributed by atoms with Crippen LogP contribution in [0.1, 0.15) is 24.5 Å². The maximum Gasteiger partial charge on any atom is 0.332 e. The number of imidazole rings is 1. The molecular weight excluding hydrogens is 348 g/mol. The molecule has 0 fully saturated rings. The first-order valence-electron chi connectivity index (χ1n) is 8.97. The zero-order chi connectivity index (χ0) is 19.6. The van der Waals surface area contributed by atoms with Crippen LogP contribution in [0.5, 0.6) is 6.01 Å². The molecule has 0 unspecified atom stereocenters. The molecule has 0 aliphatic rings. The highest BCUT2D eigenvalue weighted by Crippen LogP contribution is 2.20. The number of hydrogen-bond acceptors (Lipinski definition) is 5. The predicted molar refractivity (Wildman–Crippen MR) is 102 cm³/mol. The normalized spacial score (nSPS) is 11.3. The average Bonchev–Trinajstić information content (AvgIpc) is 3.00. The van der Waals surface area contributed by atoms with E-state index in [1.54, 1.807) is 11.6 Å². The third-order valence-corrected chi connectivity index (χ3v) is 4.47. The van der Waals surface area contributed by atoms with Crippen molar-refractivity contribution in [1.29, 1.82) is 0 Å². The number of aryl methyl sites for hydroxylation is 2. The number of rotatable bonds is 7. The van der Waals surface area contributed by atoms with Gasteiger partial charge in [-0.1, -0.05) is 29.8 Å². The van der Waals surface area contributed by atoms with Crippen molar-refractivity contribution >= 4 is 11.2 Å². The Morgan fingerprint density at radius 2 is 1.85 bits per heavy atom. The van der Waals surface area contributed by atoms with Crippen molar-refractivity contribution in [1.82, 2.24) is 18.7 Å². The first-order valence-corrected chi connectivity index (χ1v) is 8.97. The zero-order valence-corrected chi connectivity index (χ0v) is 15.8. The van der Waals surface area contributed by atoms with Crippen LogP contribution in [0, 0.1) is 6.92 Å². The molecule has 0 atom stereocenters. The van der Waals surface area contributed by atoms with Gasteiger partial charge in [-0.3, -0.25) is 18.5 Å². The third kappa shape index (κ3) is 3.52. The van der Waals surface area contributed by atoms with Crippen molar-refractivity contribution in [2.45, 2.75) is 33.4 Å². The summed E-state index contributed by atoms with van der Waals surface area (Å²) in [5.41, 5.74) is 1.88. The van der Waals surface area contributed by atoms with E-state index in [0.29, 0.717) is 36.7 Å². The second-order valence-corrected chi connectivity index (χ2v) is 6.45. The van der Waals surface area contributed by atoms with Crippen molar-refractivity contribution in [3.63, 3.8) is 0 Å². The van der Waals surface area contributed by atoms with Gasteiger partial charge in [-0.2, -0.15) is 4.98 Å². The van der Waals surface area contributed by atoms with E-state index in [2.05, 4.69) is 4.98 Å². The van der Waals surface area contributed by atoms with E-state index in [1.165, 1.54) is 4.57 Å². The van der Waals surface area contributed by atoms with Gasteiger partial charge in [0.25, 0.3) is 11.6 Å². The minimum Gasteiger partial charge on any atom is -0.465 e. The van der Waals surface area contributed by atoms with Crippen LogP contribution >= 0.6 is 0 Å². The first kappa shape index (κ1) is 18.9. The molecule has 8 heteroatoms. The SMILES string of the molecule is CCOc1nc2c(c(=O)n(CCCO)c(=O)n2C)n1Cc1ccc(C)cc1. The topological polar surface area (TPSA) is 91.3 Å². The number of benzene rings is 1. The molecule has 0 amide bonds. The molecular formula is C19H24N4O4. The molecule has 1 aromatic carbocycles. The Bertz CT molecular complexity index is 1060. The Morgan fingerprint density at radius 3 is 2.48 bits per heavy atom. The highest BCUT2D eigenvalue weighted by Gasteiger charge is 2.21. The number of aliphatic hydroxyl groups is 1. The Balaban J connectivity index is 2.24. The van der Waals surface area contributed by atoms with Crippen LogP contribution in [0.25, 0.3) is 11.2 Å². The molecule has 2 aromatic heterocycles. The molecule has 8 nitrogen and oxygen atoms in total. The molecule has 0 bridgehead atoms. The van der Waals surface area contributed by atoms with Crippen molar-refractivity contribution in [3.05, 3.63) is 56.2 Å². The molecule has 27 heavy (non-hydrogen) atoms. The van der Waals surface area contributed by atoms with E-state index >= 15 is 0 Å². The summed E-state index contributed by atoms with van der Waals surface area (Å²) in [5, 5.41) is 9.08. The first-order chi connectivity index (χ1) is 13.0. The molecule has 0 saturated heterocycles. The number of nitrogens with zero attached hydrogens (tertiary/aromatic N) is 4. The molecule has 3 rings (SSSR count). The van der Waals surface area contributed by atoms with Crippen LogP contribution in [0.4, 0.5) is 0 Å². The maximum absolute atomic E-state index is 13.0. The summed E-state index contributed by atoms with van der Waals surface area (Å²) in [7, 11) is 1.58. The van der Waals surface area contributed by atoms with Crippen LogP contribution < -0.4 is 16.0 Å². The smallest absolute Gasteiger partial charge is 0.332 e. The lowest BCUT2D eigenvalue weighted by molar-refractivity contribution is 0.277. The average molecular weight is 372 g/mol. The molecule has 0 spiro atoms. The number of aromatic nitrogens is 4. The zero-order valence-electron chi connectivity index (χ0n) is 15.8. The van der Waals surface area contributed by atoms with Crippen molar-refractivity contribution < 1.29 is 9.84 Å². The molecule has 0 aliphatic heterocycles. The molecule has 3 aromatic rings. The predicted octanol–water partition coefficient (Wildman–Crippen LogP) is 1.03. The Hall–Kier alpha value is -2.87. The van der Waals surface area contributed by atoms with Gasteiger partial charge in [0.05, 0.1) is 13.2 Å². The lowest BCUT2D eigenvalue weighted by atomic mass is 10.1. The number of hydrogen-bond donors (Lipinski definition) is 1. The number of fused-ring (bicyclic) bond motifs is 1. The van der Waals surface area contributed by atoms with Crippen molar-refractivity contribution in [2.75, 3.05) is 13.2 Å². The molecule has 0 saturated carbocycles. The standard InChI is InChI=1S/C19H24N4O4/c1-4-27-18-20-16-15(23(18)12-14-8-6-13(2)7-9-14)17(25)22(10-5-11-24)19(26)21(16)3/h6-9,24H,4-5,10-12H2,1-3H3. The summed E-state index contributed by atoms with van der Waals surface area (Å²) < 4.78 is 9.84. The molecule has 2 heterocycles. The Labute approximate surface area is 156 Å². The van der Waals surface area contributed by atoms with Gasteiger partial charge in [0.1, 0.15) is 0 Å². The van der Waals surface area contributed by atoms with E-state index in [9.17, 15) is 9.59 Å². The van der Waals surface area contributed by atoms with Gasteiger partial charge in [-0.25, -0.2) is 4.79 Å². The molecule has 1 N–H and O–H groups in total. The van der Waals surface area contributed by atoms with E-state index in [1.807, 2.05) is 38.1 Å². The van der Waals surface area contributed by atoms with Crippen LogP contribution in [0.15, 0.2) is 33.9 Å². The van der Waals surface area contributed by atoms with Gasteiger partial charge in [-0.05, 0) is 25.8 Å². The van der Waals surface area contributed by atoms with Gasteiger partial charge >= 0.3 is 5.69 Å². The highest BCUT2D eigenvalue weighted by atomic mass is 16.5. The molecule has 0 radical (unpaired) electrons. The molecule has 0 aliphatic carbocycles. The van der Waals surface area contributed by atoms with Crippen LogP contribution in [-0.2, 0) is 20.1 Å². The second-order valence-electron chi connectivity index (χ2n) is 6.45. The quantitative estimate of drug-likeness (QED) is 0.669. The molecule has 144 valence electrons. The van der Waals surface area contributed by atoms with Crippen molar-refractivity contribution in [3.8, 4) is 6.01 Å². The van der Waals surface area contributed by atoms with Gasteiger partial charge in [0.2, 0.25) is 0 Å². The maximum atomic E-state index is 13.0. The van der Waals surface area contributed by atoms with E-state index in [0.717, 1.165) is 15.7 Å². The van der Waals surface area contributed by atoms with E-state index in [-0.39, 0.29) is 13.2 Å². The summed E-state index contributed by atoms with van der Waals surface area (Å²) >= 11 is 0. The number of ether oxygens (including phenoxy) is 1. The van der Waals surface area contributed by atoms with Gasteiger partial charge < -0.3 is 9.84 Å². The minimum absolute atomic E-state index is 0.0968. The van der Waals surface area contributed by atoms with Crippen LogP contribution in [0.3, 0.4) is 0 Å². The highest BCUT2D eigenvalue weighted by molar-refractivity contribution is 5.72. The summed E-state index contributed by atoms with van der Waals surface area (Å²) in [6, 6.07) is 8.29. The van der Waals surface area contributed by atoms with E-state index in [4.69, 9.17) is 9.84 Å². The lowest BCUT2D eigenvalue weighted by Crippen LogP contribution is -2.39. The second kappa shape index (κ2) is 7.79. The fourth-order valence-electron chi connectivity index (χ4n) is 3.04. The summed E-state index contributed by atoms with van der Waals surface area (Å²) in [5.74, 6) is 0. The van der Waals surface area contributed by atoms with Crippen LogP contribution in [0.2, 0.25) is 0 Å². The monoisotopic (exact) mass is 372 g/mol. The van der Waals surface area contributed by atoms with Gasteiger partial charge in [0, 0.05) is 20.2 Å². The van der Waals surface area contributed by atoms with E-state index < -0.39 is 11.2 Å². The summed E-state index contributed by atoms with van der Waals surface area (Å²) in [6.07, 6.45) is 0.324. The minimum atomic E-state index is -0.455. The fourth-order valence-corrected chi connectivity index (χ4v) is 3.04. The van der Waals surface area contributed by atoms with Crippen molar-refractivity contribution in [2.24, 2.45) is 7.05 Å². The largest absolute Gasteiger partial charge is 0.465 e. The van der Waals surface area contributed by atoms with Gasteiger partial charge in [0.15, 0.2) is 11.2 Å². The third-order valence-electron chi connectivity index (χ3n) is 4.47. The Morgan fingerprint density at radius 1 is 1.15 bits per heavy atom. The van der Waals surface area contributed by atoms with Gasteiger partial charge in [-0.15, -0.1) is 0 Å². The number of aliphatic hydroxyl groups excluding tert-OH is 1. The summed E-state index contributed by atoms with van der Waals surface area (Å²) in [6.45, 7) is 4.70.